The van der Waals surface area contributed by atoms with Crippen molar-refractivity contribution >= 4 is 29.2 Å². The summed E-state index contributed by atoms with van der Waals surface area (Å²) >= 11 is 5.14. The van der Waals surface area contributed by atoms with Gasteiger partial charge in [0.2, 0.25) is 0 Å². The third-order valence-corrected chi connectivity index (χ3v) is 3.12. The lowest BCUT2D eigenvalue weighted by atomic mass is 10.2. The first-order chi connectivity index (χ1) is 10.6. The zero-order valence-corrected chi connectivity index (χ0v) is 13.1. The monoisotopic (exact) mass is 315 g/mol. The fourth-order valence-corrected chi connectivity index (χ4v) is 1.94. The molecule has 0 spiro atoms. The van der Waals surface area contributed by atoms with E-state index in [1.165, 1.54) is 18.9 Å². The van der Waals surface area contributed by atoms with E-state index in [0.29, 0.717) is 16.4 Å². The molecule has 2 aromatic carbocycles. The van der Waals surface area contributed by atoms with Crippen molar-refractivity contribution in [1.82, 2.24) is 5.43 Å². The highest BCUT2D eigenvalue weighted by Crippen LogP contribution is 2.27. The maximum absolute atomic E-state index is 9.92. The summed E-state index contributed by atoms with van der Waals surface area (Å²) in [5.74, 6) is 0.428. The van der Waals surface area contributed by atoms with Gasteiger partial charge in [-0.2, -0.15) is 5.10 Å². The van der Waals surface area contributed by atoms with E-state index in [9.17, 15) is 5.11 Å². The van der Waals surface area contributed by atoms with Crippen LogP contribution in [0.2, 0.25) is 0 Å². The summed E-state index contributed by atoms with van der Waals surface area (Å²) in [6.07, 6.45) is 1.47. The van der Waals surface area contributed by atoms with Gasteiger partial charge in [0.25, 0.3) is 0 Å². The van der Waals surface area contributed by atoms with Crippen LogP contribution in [-0.4, -0.2) is 23.5 Å². The molecule has 114 valence electrons. The van der Waals surface area contributed by atoms with Crippen LogP contribution in [0.4, 0.5) is 5.69 Å². The van der Waals surface area contributed by atoms with Crippen LogP contribution >= 0.6 is 12.2 Å². The van der Waals surface area contributed by atoms with Crippen LogP contribution in [0.15, 0.2) is 47.6 Å². The quantitative estimate of drug-likeness (QED) is 0.460. The van der Waals surface area contributed by atoms with Crippen molar-refractivity contribution in [2.45, 2.75) is 6.92 Å². The average molecular weight is 315 g/mol. The molecule has 0 aliphatic rings. The van der Waals surface area contributed by atoms with Crippen LogP contribution in [0.3, 0.4) is 0 Å². The normalized spacial score (nSPS) is 10.5. The standard InChI is InChI=1S/C16H17N3O2S/c1-11-6-8-13(9-7-11)18-16(22)19-17-10-12-4-3-5-14(21-2)15(12)20/h3-10,20H,1-2H3,(H2,18,19,22)/b17-10+. The number of benzene rings is 2. The third-order valence-electron chi connectivity index (χ3n) is 2.93. The molecule has 0 heterocycles. The van der Waals surface area contributed by atoms with Crippen molar-refractivity contribution < 1.29 is 9.84 Å². The number of hydrazone groups is 1. The maximum atomic E-state index is 9.92. The van der Waals surface area contributed by atoms with Crippen LogP contribution in [0, 0.1) is 6.92 Å². The molecular formula is C16H17N3O2S. The number of phenols is 1. The molecule has 3 N–H and O–H groups in total. The molecule has 22 heavy (non-hydrogen) atoms. The van der Waals surface area contributed by atoms with Crippen LogP contribution in [-0.2, 0) is 0 Å². The number of ether oxygens (including phenoxy) is 1. The number of hydrogen-bond acceptors (Lipinski definition) is 4. The average Bonchev–Trinajstić information content (AvgIpc) is 2.51. The summed E-state index contributed by atoms with van der Waals surface area (Å²) in [5, 5.41) is 17.3. The van der Waals surface area contributed by atoms with Gasteiger partial charge >= 0.3 is 0 Å². The van der Waals surface area contributed by atoms with E-state index < -0.39 is 0 Å². The number of methoxy groups -OCH3 is 1. The molecule has 0 fully saturated rings. The lowest BCUT2D eigenvalue weighted by molar-refractivity contribution is 0.373. The first-order valence-corrected chi connectivity index (χ1v) is 7.03. The number of aryl methyl sites for hydroxylation is 1. The number of phenolic OH excluding ortho intramolecular Hbond substituents is 1. The molecule has 0 saturated carbocycles. The van der Waals surface area contributed by atoms with Gasteiger partial charge in [0, 0.05) is 11.3 Å². The molecule has 0 aliphatic carbocycles. The fourth-order valence-electron chi connectivity index (χ4n) is 1.76. The van der Waals surface area contributed by atoms with E-state index in [2.05, 4.69) is 15.8 Å². The van der Waals surface area contributed by atoms with Gasteiger partial charge < -0.3 is 15.2 Å². The Hall–Kier alpha value is -2.60. The van der Waals surface area contributed by atoms with Gasteiger partial charge in [0.05, 0.1) is 13.3 Å². The van der Waals surface area contributed by atoms with Crippen LogP contribution in [0.5, 0.6) is 11.5 Å². The highest BCUT2D eigenvalue weighted by molar-refractivity contribution is 7.80. The predicted molar refractivity (Wildman–Crippen MR) is 92.8 cm³/mol. The van der Waals surface area contributed by atoms with E-state index in [-0.39, 0.29) is 5.75 Å². The van der Waals surface area contributed by atoms with Gasteiger partial charge in [0.1, 0.15) is 0 Å². The first-order valence-electron chi connectivity index (χ1n) is 6.63. The zero-order chi connectivity index (χ0) is 15.9. The van der Waals surface area contributed by atoms with Gasteiger partial charge in [-0.15, -0.1) is 0 Å². The largest absolute Gasteiger partial charge is 0.504 e. The Bertz CT molecular complexity index is 684. The SMILES string of the molecule is COc1cccc(/C=N/NC(=S)Nc2ccc(C)cc2)c1O. The summed E-state index contributed by atoms with van der Waals surface area (Å²) in [7, 11) is 1.49. The Morgan fingerprint density at radius 2 is 1.95 bits per heavy atom. The summed E-state index contributed by atoms with van der Waals surface area (Å²) in [4.78, 5) is 0. The molecule has 2 aromatic rings. The molecule has 0 aromatic heterocycles. The number of nitrogens with one attached hydrogen (secondary N) is 2. The number of rotatable bonds is 4. The van der Waals surface area contributed by atoms with Gasteiger partial charge in [-0.05, 0) is 43.4 Å². The summed E-state index contributed by atoms with van der Waals surface area (Å²) < 4.78 is 5.03. The number of nitrogens with zero attached hydrogens (tertiary/aromatic N) is 1. The van der Waals surface area contributed by atoms with Crippen molar-refractivity contribution in [2.24, 2.45) is 5.10 Å². The molecule has 5 nitrogen and oxygen atoms in total. The van der Waals surface area contributed by atoms with E-state index >= 15 is 0 Å². The number of hydrogen-bond donors (Lipinski definition) is 3. The zero-order valence-electron chi connectivity index (χ0n) is 12.3. The third kappa shape index (κ3) is 4.20. The Kier molecular flexibility index (Phi) is 5.32. The van der Waals surface area contributed by atoms with Gasteiger partial charge in [-0.3, -0.25) is 5.43 Å². The van der Waals surface area contributed by atoms with E-state index in [4.69, 9.17) is 17.0 Å². The molecule has 0 aliphatic heterocycles. The first kappa shape index (κ1) is 15.8. The van der Waals surface area contributed by atoms with Crippen LogP contribution < -0.4 is 15.5 Å². The Balaban J connectivity index is 1.94. The van der Waals surface area contributed by atoms with E-state index in [1.807, 2.05) is 31.2 Å². The van der Waals surface area contributed by atoms with Crippen LogP contribution in [0.1, 0.15) is 11.1 Å². The molecule has 0 saturated heterocycles. The highest BCUT2D eigenvalue weighted by atomic mass is 32.1. The van der Waals surface area contributed by atoms with Gasteiger partial charge in [0.15, 0.2) is 16.6 Å². The van der Waals surface area contributed by atoms with Crippen molar-refractivity contribution in [1.29, 1.82) is 0 Å². The second-order valence-corrected chi connectivity index (χ2v) is 5.00. The predicted octanol–water partition coefficient (Wildman–Crippen LogP) is 3.03. The number of para-hydroxylation sites is 1. The van der Waals surface area contributed by atoms with E-state index in [0.717, 1.165) is 5.69 Å². The number of thiocarbonyl (C=S) groups is 1. The molecule has 0 bridgehead atoms. The molecule has 0 unspecified atom stereocenters. The van der Waals surface area contributed by atoms with Crippen LogP contribution in [0.25, 0.3) is 0 Å². The minimum Gasteiger partial charge on any atom is -0.504 e. The lowest BCUT2D eigenvalue weighted by Crippen LogP contribution is -2.23. The second-order valence-electron chi connectivity index (χ2n) is 4.59. The number of anilines is 1. The molecule has 0 radical (unpaired) electrons. The second kappa shape index (κ2) is 7.42. The van der Waals surface area contributed by atoms with Crippen molar-refractivity contribution in [3.8, 4) is 11.5 Å². The number of aromatic hydroxyl groups is 1. The maximum Gasteiger partial charge on any atom is 0.191 e. The Morgan fingerprint density at radius 3 is 2.64 bits per heavy atom. The molecule has 2 rings (SSSR count). The smallest absolute Gasteiger partial charge is 0.191 e. The minimum absolute atomic E-state index is 0.0352. The highest BCUT2D eigenvalue weighted by Gasteiger charge is 2.04. The molecule has 0 atom stereocenters. The molecule has 0 amide bonds. The van der Waals surface area contributed by atoms with Gasteiger partial charge in [-0.1, -0.05) is 23.8 Å². The Morgan fingerprint density at radius 1 is 1.23 bits per heavy atom. The molecular weight excluding hydrogens is 298 g/mol. The molecule has 6 heteroatoms. The minimum atomic E-state index is 0.0352. The Labute approximate surface area is 134 Å². The van der Waals surface area contributed by atoms with E-state index in [1.54, 1.807) is 18.2 Å². The summed E-state index contributed by atoms with van der Waals surface area (Å²) in [6.45, 7) is 2.02. The van der Waals surface area contributed by atoms with Gasteiger partial charge in [-0.25, -0.2) is 0 Å². The summed E-state index contributed by atoms with van der Waals surface area (Å²) in [5.41, 5.74) is 5.28. The fraction of sp³-hybridized carbons (Fsp3) is 0.125. The van der Waals surface area contributed by atoms with Crippen molar-refractivity contribution in [3.63, 3.8) is 0 Å². The topological polar surface area (TPSA) is 65.9 Å². The van der Waals surface area contributed by atoms with Crippen molar-refractivity contribution in [3.05, 3.63) is 53.6 Å². The van der Waals surface area contributed by atoms with Crippen molar-refractivity contribution in [2.75, 3.05) is 12.4 Å². The lowest BCUT2D eigenvalue weighted by Gasteiger charge is -2.07. The summed E-state index contributed by atoms with van der Waals surface area (Å²) in [6, 6.07) is 13.0.